The van der Waals surface area contributed by atoms with E-state index in [0.717, 1.165) is 18.4 Å². The van der Waals surface area contributed by atoms with Gasteiger partial charge in [0.15, 0.2) is 0 Å². The van der Waals surface area contributed by atoms with Crippen molar-refractivity contribution in [3.8, 4) is 0 Å². The number of esters is 1. The van der Waals surface area contributed by atoms with Crippen LogP contribution in [0.5, 0.6) is 0 Å². The Labute approximate surface area is 128 Å². The molecule has 0 heterocycles. The molecule has 0 amide bonds. The Morgan fingerprint density at radius 2 is 2.00 bits per heavy atom. The average Bonchev–Trinajstić information content (AvgIpc) is 2.69. The van der Waals surface area contributed by atoms with Gasteiger partial charge >= 0.3 is 5.97 Å². The minimum atomic E-state index is -0.235. The van der Waals surface area contributed by atoms with Crippen LogP contribution in [0.2, 0.25) is 0 Å². The Kier molecular flexibility index (Phi) is 4.87. The number of ether oxygens (including phenoxy) is 1. The van der Waals surface area contributed by atoms with Gasteiger partial charge in [0, 0.05) is 11.5 Å². The maximum absolute atomic E-state index is 12.1. The van der Waals surface area contributed by atoms with Crippen LogP contribution in [0.4, 0.5) is 0 Å². The molecule has 0 aromatic heterocycles. The van der Waals surface area contributed by atoms with Crippen molar-refractivity contribution >= 4 is 12.0 Å². The lowest BCUT2D eigenvalue weighted by Crippen LogP contribution is -2.32. The molecule has 1 saturated carbocycles. The molecule has 0 N–H and O–H groups in total. The highest BCUT2D eigenvalue weighted by atomic mass is 16.5. The van der Waals surface area contributed by atoms with Gasteiger partial charge in [-0.1, -0.05) is 64.4 Å². The summed E-state index contributed by atoms with van der Waals surface area (Å²) in [6, 6.07) is 9.82. The van der Waals surface area contributed by atoms with Crippen molar-refractivity contribution in [2.45, 2.75) is 46.6 Å². The van der Waals surface area contributed by atoms with Gasteiger partial charge in [0.1, 0.15) is 6.10 Å². The molecule has 0 spiro atoms. The molecule has 3 atom stereocenters. The van der Waals surface area contributed by atoms with Crippen molar-refractivity contribution < 1.29 is 9.53 Å². The fourth-order valence-corrected chi connectivity index (χ4v) is 3.31. The number of hydrogen-bond donors (Lipinski definition) is 0. The van der Waals surface area contributed by atoms with Gasteiger partial charge in [0.05, 0.1) is 0 Å². The summed E-state index contributed by atoms with van der Waals surface area (Å²) in [5.41, 5.74) is 1.07. The zero-order valence-corrected chi connectivity index (χ0v) is 13.5. The quantitative estimate of drug-likeness (QED) is 0.592. The Morgan fingerprint density at radius 1 is 1.33 bits per heavy atom. The highest BCUT2D eigenvalue weighted by molar-refractivity contribution is 5.87. The normalized spacial score (nSPS) is 27.9. The second kappa shape index (κ2) is 6.46. The molecule has 114 valence electrons. The van der Waals surface area contributed by atoms with E-state index in [9.17, 15) is 4.79 Å². The summed E-state index contributed by atoms with van der Waals surface area (Å²) in [5, 5.41) is 0. The number of carbonyl (C=O) groups is 1. The van der Waals surface area contributed by atoms with Crippen LogP contribution in [0.3, 0.4) is 0 Å². The summed E-state index contributed by atoms with van der Waals surface area (Å²) >= 11 is 0. The van der Waals surface area contributed by atoms with Crippen LogP contribution >= 0.6 is 0 Å². The van der Waals surface area contributed by atoms with Crippen molar-refractivity contribution in [1.82, 2.24) is 0 Å². The van der Waals surface area contributed by atoms with Gasteiger partial charge in [-0.25, -0.2) is 4.79 Å². The standard InChI is InChI=1S/C19H26O2/c1-5-16-13-17(19(3,4)14(16)2)21-18(20)12-11-15-9-7-6-8-10-15/h6-12,14,16-17H,5,13H2,1-4H3/b12-11+. The van der Waals surface area contributed by atoms with Crippen LogP contribution in [0.1, 0.15) is 46.1 Å². The largest absolute Gasteiger partial charge is 0.459 e. The van der Waals surface area contributed by atoms with Gasteiger partial charge in [-0.15, -0.1) is 0 Å². The lowest BCUT2D eigenvalue weighted by Gasteiger charge is -2.31. The molecule has 3 unspecified atom stereocenters. The first kappa shape index (κ1) is 15.8. The van der Waals surface area contributed by atoms with Crippen LogP contribution < -0.4 is 0 Å². The fourth-order valence-electron chi connectivity index (χ4n) is 3.31. The Balaban J connectivity index is 1.98. The van der Waals surface area contributed by atoms with E-state index in [1.165, 1.54) is 6.08 Å². The molecular weight excluding hydrogens is 260 g/mol. The predicted octanol–water partition coefficient (Wildman–Crippen LogP) is 4.70. The summed E-state index contributed by atoms with van der Waals surface area (Å²) in [7, 11) is 0. The van der Waals surface area contributed by atoms with Crippen LogP contribution in [-0.4, -0.2) is 12.1 Å². The zero-order chi connectivity index (χ0) is 15.5. The summed E-state index contributed by atoms with van der Waals surface area (Å²) in [6.45, 7) is 8.93. The highest BCUT2D eigenvalue weighted by Gasteiger charge is 2.47. The zero-order valence-electron chi connectivity index (χ0n) is 13.5. The molecule has 1 aromatic rings. The van der Waals surface area contributed by atoms with Gasteiger partial charge in [-0.05, 0) is 29.9 Å². The van der Waals surface area contributed by atoms with Crippen LogP contribution in [-0.2, 0) is 9.53 Å². The maximum Gasteiger partial charge on any atom is 0.331 e. The Morgan fingerprint density at radius 3 is 2.57 bits per heavy atom. The van der Waals surface area contributed by atoms with E-state index >= 15 is 0 Å². The van der Waals surface area contributed by atoms with E-state index in [4.69, 9.17) is 4.74 Å². The molecule has 1 fully saturated rings. The van der Waals surface area contributed by atoms with Crippen LogP contribution in [0, 0.1) is 17.3 Å². The van der Waals surface area contributed by atoms with Crippen molar-refractivity contribution in [2.75, 3.05) is 0 Å². The third kappa shape index (κ3) is 3.55. The van der Waals surface area contributed by atoms with Crippen molar-refractivity contribution in [1.29, 1.82) is 0 Å². The molecule has 21 heavy (non-hydrogen) atoms. The third-order valence-corrected chi connectivity index (χ3v) is 5.22. The number of benzene rings is 1. The number of carbonyl (C=O) groups excluding carboxylic acids is 1. The average molecular weight is 286 g/mol. The van der Waals surface area contributed by atoms with Gasteiger partial charge in [-0.2, -0.15) is 0 Å². The van der Waals surface area contributed by atoms with Gasteiger partial charge in [0.2, 0.25) is 0 Å². The van der Waals surface area contributed by atoms with E-state index < -0.39 is 0 Å². The second-order valence-electron chi connectivity index (χ2n) is 6.68. The number of hydrogen-bond acceptors (Lipinski definition) is 2. The molecule has 0 saturated heterocycles. The first-order chi connectivity index (χ1) is 9.95. The van der Waals surface area contributed by atoms with E-state index in [1.807, 2.05) is 36.4 Å². The topological polar surface area (TPSA) is 26.3 Å². The summed E-state index contributed by atoms with van der Waals surface area (Å²) in [5.74, 6) is 0.996. The van der Waals surface area contributed by atoms with Gasteiger partial charge in [0.25, 0.3) is 0 Å². The first-order valence-electron chi connectivity index (χ1n) is 7.89. The van der Waals surface area contributed by atoms with E-state index in [-0.39, 0.29) is 17.5 Å². The van der Waals surface area contributed by atoms with Crippen molar-refractivity contribution in [3.63, 3.8) is 0 Å². The molecule has 2 rings (SSSR count). The molecule has 0 radical (unpaired) electrons. The highest BCUT2D eigenvalue weighted by Crippen LogP contribution is 2.49. The SMILES string of the molecule is CCC1CC(OC(=O)/C=C/c2ccccc2)C(C)(C)C1C. The van der Waals surface area contributed by atoms with Crippen molar-refractivity contribution in [3.05, 3.63) is 42.0 Å². The first-order valence-corrected chi connectivity index (χ1v) is 7.89. The fraction of sp³-hybridized carbons (Fsp3) is 0.526. The van der Waals surface area contributed by atoms with Gasteiger partial charge < -0.3 is 4.74 Å². The monoisotopic (exact) mass is 286 g/mol. The van der Waals surface area contributed by atoms with E-state index in [2.05, 4.69) is 27.7 Å². The molecule has 1 aromatic carbocycles. The Hall–Kier alpha value is -1.57. The second-order valence-corrected chi connectivity index (χ2v) is 6.68. The molecule has 0 bridgehead atoms. The predicted molar refractivity (Wildman–Crippen MR) is 86.7 cm³/mol. The molecule has 0 aliphatic heterocycles. The summed E-state index contributed by atoms with van der Waals surface area (Å²) in [4.78, 5) is 12.1. The molecular formula is C19H26O2. The maximum atomic E-state index is 12.1. The van der Waals surface area contributed by atoms with Crippen LogP contribution in [0.25, 0.3) is 6.08 Å². The minimum Gasteiger partial charge on any atom is -0.459 e. The smallest absolute Gasteiger partial charge is 0.331 e. The molecule has 1 aliphatic carbocycles. The van der Waals surface area contributed by atoms with Crippen LogP contribution in [0.15, 0.2) is 36.4 Å². The molecule has 2 heteroatoms. The van der Waals surface area contributed by atoms with E-state index in [0.29, 0.717) is 11.8 Å². The Bertz CT molecular complexity index is 502. The van der Waals surface area contributed by atoms with E-state index in [1.54, 1.807) is 0 Å². The lowest BCUT2D eigenvalue weighted by atomic mass is 9.78. The molecule has 1 aliphatic rings. The lowest BCUT2D eigenvalue weighted by molar-refractivity contribution is -0.148. The summed E-state index contributed by atoms with van der Waals surface area (Å²) in [6.07, 6.45) is 5.50. The third-order valence-electron chi connectivity index (χ3n) is 5.22. The molecule has 2 nitrogen and oxygen atoms in total. The number of rotatable bonds is 4. The van der Waals surface area contributed by atoms with Crippen molar-refractivity contribution in [2.24, 2.45) is 17.3 Å². The van der Waals surface area contributed by atoms with Gasteiger partial charge in [-0.3, -0.25) is 0 Å². The minimum absolute atomic E-state index is 0.0189. The summed E-state index contributed by atoms with van der Waals surface area (Å²) < 4.78 is 5.73.